The molecule has 1 aliphatic carbocycles. The van der Waals surface area contributed by atoms with Gasteiger partial charge in [0.05, 0.1) is 6.61 Å². The highest BCUT2D eigenvalue weighted by Gasteiger charge is 2.21. The Labute approximate surface area is 105 Å². The number of carboxylic acids is 1. The minimum absolute atomic E-state index is 0.376. The summed E-state index contributed by atoms with van der Waals surface area (Å²) < 4.78 is 5.54. The molecule has 5 nitrogen and oxygen atoms in total. The highest BCUT2D eigenvalue weighted by atomic mass is 16.5. The second kappa shape index (κ2) is 5.53. The number of hydrogen-bond acceptors (Lipinski definition) is 3. The third-order valence-electron chi connectivity index (χ3n) is 2.70. The maximum Gasteiger partial charge on any atom is 0.322 e. The molecule has 5 heteroatoms. The molecule has 96 valence electrons. The lowest BCUT2D eigenvalue weighted by Crippen LogP contribution is -2.29. The van der Waals surface area contributed by atoms with Crippen LogP contribution < -0.4 is 10.1 Å². The van der Waals surface area contributed by atoms with Crippen molar-refractivity contribution in [2.75, 3.05) is 13.2 Å². The lowest BCUT2D eigenvalue weighted by Gasteiger charge is -2.06. The number of carbonyl (C=O) groups is 2. The number of benzene rings is 1. The number of carbonyl (C=O) groups excluding carboxylic acids is 1. The van der Waals surface area contributed by atoms with Crippen LogP contribution in [0, 0.1) is 5.92 Å². The molecule has 0 bridgehead atoms. The lowest BCUT2D eigenvalue weighted by atomic mass is 10.2. The fraction of sp³-hybridized carbons (Fsp3) is 0.385. The first kappa shape index (κ1) is 12.4. The van der Waals surface area contributed by atoms with Crippen molar-refractivity contribution in [2.45, 2.75) is 12.8 Å². The zero-order chi connectivity index (χ0) is 13.0. The molecular formula is C13H15NO4. The monoisotopic (exact) mass is 249 g/mol. The van der Waals surface area contributed by atoms with Gasteiger partial charge in [0.25, 0.3) is 5.91 Å². The van der Waals surface area contributed by atoms with E-state index in [-0.39, 0.29) is 6.54 Å². The molecule has 1 aromatic carbocycles. The third kappa shape index (κ3) is 3.76. The minimum atomic E-state index is -1.06. The van der Waals surface area contributed by atoms with Crippen LogP contribution in [0.25, 0.3) is 0 Å². The Hall–Kier alpha value is -2.04. The van der Waals surface area contributed by atoms with E-state index in [1.165, 1.54) is 12.8 Å². The summed E-state index contributed by atoms with van der Waals surface area (Å²) in [4.78, 5) is 21.8. The topological polar surface area (TPSA) is 75.6 Å². The van der Waals surface area contributed by atoms with E-state index in [9.17, 15) is 9.59 Å². The highest BCUT2D eigenvalue weighted by molar-refractivity contribution is 5.95. The predicted molar refractivity (Wildman–Crippen MR) is 64.6 cm³/mol. The van der Waals surface area contributed by atoms with Gasteiger partial charge in [-0.05, 0) is 43.0 Å². The largest absolute Gasteiger partial charge is 0.493 e. The molecule has 0 aromatic heterocycles. The number of rotatable bonds is 6. The molecule has 2 rings (SSSR count). The standard InChI is InChI=1S/C13H15NO4/c15-12(16)7-14-13(17)10-3-5-11(6-4-10)18-8-9-1-2-9/h3-6,9H,1-2,7-8H2,(H,14,17)(H,15,16). The van der Waals surface area contributed by atoms with Gasteiger partial charge in [0, 0.05) is 5.56 Å². The summed E-state index contributed by atoms with van der Waals surface area (Å²) in [5.74, 6) is -0.0425. The maximum absolute atomic E-state index is 11.5. The molecule has 1 amide bonds. The van der Waals surface area contributed by atoms with E-state index in [2.05, 4.69) is 5.32 Å². The second-order valence-corrected chi connectivity index (χ2v) is 4.36. The average molecular weight is 249 g/mol. The van der Waals surface area contributed by atoms with Crippen molar-refractivity contribution in [3.05, 3.63) is 29.8 Å². The molecule has 1 aromatic rings. The van der Waals surface area contributed by atoms with Gasteiger partial charge in [-0.15, -0.1) is 0 Å². The highest BCUT2D eigenvalue weighted by Crippen LogP contribution is 2.29. The predicted octanol–water partition coefficient (Wildman–Crippen LogP) is 1.29. The SMILES string of the molecule is O=C(O)CNC(=O)c1ccc(OCC2CC2)cc1. The molecular weight excluding hydrogens is 234 g/mol. The summed E-state index contributed by atoms with van der Waals surface area (Å²) in [6.07, 6.45) is 2.46. The first-order valence-electron chi connectivity index (χ1n) is 5.88. The Balaban J connectivity index is 1.85. The van der Waals surface area contributed by atoms with E-state index in [0.717, 1.165) is 12.4 Å². The molecule has 0 unspecified atom stereocenters. The quantitative estimate of drug-likeness (QED) is 0.796. The van der Waals surface area contributed by atoms with E-state index in [0.29, 0.717) is 11.5 Å². The first-order valence-corrected chi connectivity index (χ1v) is 5.88. The summed E-state index contributed by atoms with van der Waals surface area (Å²) >= 11 is 0. The van der Waals surface area contributed by atoms with Crippen LogP contribution in [0.1, 0.15) is 23.2 Å². The smallest absolute Gasteiger partial charge is 0.322 e. The van der Waals surface area contributed by atoms with Crippen LogP contribution in [-0.4, -0.2) is 30.1 Å². The second-order valence-electron chi connectivity index (χ2n) is 4.36. The van der Waals surface area contributed by atoms with E-state index >= 15 is 0 Å². The molecule has 0 saturated heterocycles. The van der Waals surface area contributed by atoms with E-state index in [1.807, 2.05) is 0 Å². The molecule has 0 radical (unpaired) electrons. The molecule has 0 heterocycles. The summed E-state index contributed by atoms with van der Waals surface area (Å²) in [5, 5.41) is 10.7. The van der Waals surface area contributed by atoms with E-state index in [1.54, 1.807) is 24.3 Å². The van der Waals surface area contributed by atoms with Gasteiger partial charge in [-0.2, -0.15) is 0 Å². The van der Waals surface area contributed by atoms with Crippen molar-refractivity contribution < 1.29 is 19.4 Å². The summed E-state index contributed by atoms with van der Waals surface area (Å²) in [5.41, 5.74) is 0.426. The fourth-order valence-corrected chi connectivity index (χ4v) is 1.46. The van der Waals surface area contributed by atoms with Crippen molar-refractivity contribution >= 4 is 11.9 Å². The van der Waals surface area contributed by atoms with Gasteiger partial charge in [0.15, 0.2) is 0 Å². The Kier molecular flexibility index (Phi) is 3.82. The molecule has 0 atom stereocenters. The molecule has 1 fully saturated rings. The van der Waals surface area contributed by atoms with Crippen molar-refractivity contribution in [3.8, 4) is 5.75 Å². The van der Waals surface area contributed by atoms with Gasteiger partial charge in [-0.25, -0.2) is 0 Å². The number of carboxylic acid groups (broad SMARTS) is 1. The normalized spacial score (nSPS) is 14.0. The minimum Gasteiger partial charge on any atom is -0.493 e. The molecule has 1 saturated carbocycles. The average Bonchev–Trinajstić information content (AvgIpc) is 3.18. The van der Waals surface area contributed by atoms with Crippen molar-refractivity contribution in [1.82, 2.24) is 5.32 Å². The van der Waals surface area contributed by atoms with Gasteiger partial charge in [-0.3, -0.25) is 9.59 Å². The molecule has 0 spiro atoms. The summed E-state index contributed by atoms with van der Waals surface area (Å²) in [7, 11) is 0. The van der Waals surface area contributed by atoms with Crippen molar-refractivity contribution in [3.63, 3.8) is 0 Å². The van der Waals surface area contributed by atoms with Crippen molar-refractivity contribution in [1.29, 1.82) is 0 Å². The summed E-state index contributed by atoms with van der Waals surface area (Å²) in [6, 6.07) is 6.69. The Morgan fingerprint density at radius 1 is 1.28 bits per heavy atom. The number of nitrogens with one attached hydrogen (secondary N) is 1. The first-order chi connectivity index (χ1) is 8.65. The van der Waals surface area contributed by atoms with Crippen molar-refractivity contribution in [2.24, 2.45) is 5.92 Å². The van der Waals surface area contributed by atoms with Crippen LogP contribution in [-0.2, 0) is 4.79 Å². The van der Waals surface area contributed by atoms with Gasteiger partial charge < -0.3 is 15.2 Å². The zero-order valence-corrected chi connectivity index (χ0v) is 9.89. The van der Waals surface area contributed by atoms with E-state index in [4.69, 9.17) is 9.84 Å². The number of amides is 1. The lowest BCUT2D eigenvalue weighted by molar-refractivity contribution is -0.135. The van der Waals surface area contributed by atoms with Crippen LogP contribution in [0.3, 0.4) is 0 Å². The van der Waals surface area contributed by atoms with Gasteiger partial charge in [0.1, 0.15) is 12.3 Å². The van der Waals surface area contributed by atoms with Crippen LogP contribution in [0.5, 0.6) is 5.75 Å². The van der Waals surface area contributed by atoms with Crippen LogP contribution in [0.15, 0.2) is 24.3 Å². The van der Waals surface area contributed by atoms with E-state index < -0.39 is 11.9 Å². The van der Waals surface area contributed by atoms with Gasteiger partial charge >= 0.3 is 5.97 Å². The maximum atomic E-state index is 11.5. The Morgan fingerprint density at radius 2 is 1.94 bits per heavy atom. The molecule has 2 N–H and O–H groups in total. The zero-order valence-electron chi connectivity index (χ0n) is 9.89. The van der Waals surface area contributed by atoms with Gasteiger partial charge in [0.2, 0.25) is 0 Å². The fourth-order valence-electron chi connectivity index (χ4n) is 1.46. The van der Waals surface area contributed by atoms with Crippen LogP contribution >= 0.6 is 0 Å². The van der Waals surface area contributed by atoms with Gasteiger partial charge in [-0.1, -0.05) is 0 Å². The Morgan fingerprint density at radius 3 is 2.50 bits per heavy atom. The number of aliphatic carboxylic acids is 1. The van der Waals surface area contributed by atoms with Crippen LogP contribution in [0.2, 0.25) is 0 Å². The number of ether oxygens (including phenoxy) is 1. The summed E-state index contributed by atoms with van der Waals surface area (Å²) in [6.45, 7) is 0.351. The number of hydrogen-bond donors (Lipinski definition) is 2. The third-order valence-corrected chi connectivity index (χ3v) is 2.70. The Bertz CT molecular complexity index is 437. The molecule has 1 aliphatic rings. The molecule has 18 heavy (non-hydrogen) atoms. The molecule has 0 aliphatic heterocycles. The van der Waals surface area contributed by atoms with Crippen LogP contribution in [0.4, 0.5) is 0 Å².